The van der Waals surface area contributed by atoms with Crippen LogP contribution in [-0.4, -0.2) is 9.78 Å². The second kappa shape index (κ2) is 6.10. The number of hydrogen-bond acceptors (Lipinski definition) is 3. The normalized spacial score (nSPS) is 10.7. The Balaban J connectivity index is 2.16. The molecular weight excluding hydrogens is 306 g/mol. The van der Waals surface area contributed by atoms with Crippen molar-refractivity contribution in [1.29, 1.82) is 0 Å². The second-order valence-corrected chi connectivity index (χ2v) is 5.10. The highest BCUT2D eigenvalue weighted by Gasteiger charge is 2.09. The number of benzene rings is 1. The van der Waals surface area contributed by atoms with E-state index in [1.807, 2.05) is 22.9 Å². The molecule has 19 heavy (non-hydrogen) atoms. The predicted octanol–water partition coefficient (Wildman–Crippen LogP) is 3.39. The van der Waals surface area contributed by atoms with Crippen molar-refractivity contribution in [1.82, 2.24) is 9.78 Å². The van der Waals surface area contributed by atoms with Crippen molar-refractivity contribution < 1.29 is 4.74 Å². The maximum absolute atomic E-state index is 5.91. The minimum absolute atomic E-state index is 0.466. The van der Waals surface area contributed by atoms with Gasteiger partial charge in [-0.15, -0.1) is 0 Å². The quantitative estimate of drug-likeness (QED) is 0.858. The molecule has 2 aromatic rings. The van der Waals surface area contributed by atoms with Crippen LogP contribution in [0.3, 0.4) is 0 Å². The van der Waals surface area contributed by atoms with Gasteiger partial charge in [-0.3, -0.25) is 4.68 Å². The molecule has 0 aliphatic heterocycles. The zero-order chi connectivity index (χ0) is 13.8. The summed E-state index contributed by atoms with van der Waals surface area (Å²) < 4.78 is 8.65. The van der Waals surface area contributed by atoms with Gasteiger partial charge in [-0.1, -0.05) is 13.0 Å². The Labute approximate surface area is 121 Å². The first kappa shape index (κ1) is 13.9. The Morgan fingerprint density at radius 1 is 1.37 bits per heavy atom. The smallest absolute Gasteiger partial charge is 0.156 e. The first-order valence-corrected chi connectivity index (χ1v) is 7.17. The molecule has 0 unspecified atom stereocenters. The molecule has 0 bridgehead atoms. The molecule has 4 nitrogen and oxygen atoms in total. The molecule has 0 spiro atoms. The van der Waals surface area contributed by atoms with Gasteiger partial charge in [0.1, 0.15) is 6.61 Å². The summed E-state index contributed by atoms with van der Waals surface area (Å²) in [5, 5.41) is 4.50. The third kappa shape index (κ3) is 3.10. The lowest BCUT2D eigenvalue weighted by atomic mass is 10.3. The molecule has 2 rings (SSSR count). The summed E-state index contributed by atoms with van der Waals surface area (Å²) in [6, 6.07) is 7.71. The number of ether oxygens (including phenoxy) is 1. The molecule has 1 aromatic carbocycles. The first-order chi connectivity index (χ1) is 9.15. The van der Waals surface area contributed by atoms with Crippen molar-refractivity contribution in [2.75, 3.05) is 5.73 Å². The van der Waals surface area contributed by atoms with E-state index in [4.69, 9.17) is 10.5 Å². The Bertz CT molecular complexity index is 546. The highest BCUT2D eigenvalue weighted by Crippen LogP contribution is 2.31. The van der Waals surface area contributed by atoms with Gasteiger partial charge in [-0.05, 0) is 47.5 Å². The maximum atomic E-state index is 5.91. The SMILES string of the molecule is CCc1cc(COc2c(N)cccc2Br)n(CC)n1. The summed E-state index contributed by atoms with van der Waals surface area (Å²) >= 11 is 3.45. The molecule has 1 heterocycles. The summed E-state index contributed by atoms with van der Waals surface area (Å²) in [5.74, 6) is 0.685. The molecule has 0 aliphatic rings. The van der Waals surface area contributed by atoms with Crippen LogP contribution in [0.15, 0.2) is 28.7 Å². The lowest BCUT2D eigenvalue weighted by Gasteiger charge is -2.11. The van der Waals surface area contributed by atoms with Gasteiger partial charge < -0.3 is 10.5 Å². The molecule has 1 aromatic heterocycles. The van der Waals surface area contributed by atoms with Crippen molar-refractivity contribution in [2.24, 2.45) is 0 Å². The molecule has 102 valence electrons. The van der Waals surface area contributed by atoms with Crippen LogP contribution >= 0.6 is 15.9 Å². The van der Waals surface area contributed by atoms with Gasteiger partial charge in [0.25, 0.3) is 0 Å². The van der Waals surface area contributed by atoms with Gasteiger partial charge in [0.05, 0.1) is 21.5 Å². The Kier molecular flexibility index (Phi) is 4.47. The average molecular weight is 324 g/mol. The molecule has 0 amide bonds. The number of nitrogens with zero attached hydrogens (tertiary/aromatic N) is 2. The third-order valence-corrected chi connectivity index (χ3v) is 3.56. The number of anilines is 1. The van der Waals surface area contributed by atoms with E-state index in [0.717, 1.165) is 28.8 Å². The molecule has 2 N–H and O–H groups in total. The zero-order valence-electron chi connectivity index (χ0n) is 11.2. The van der Waals surface area contributed by atoms with Gasteiger partial charge in [0.15, 0.2) is 5.75 Å². The minimum atomic E-state index is 0.466. The van der Waals surface area contributed by atoms with Crippen LogP contribution in [0.5, 0.6) is 5.75 Å². The largest absolute Gasteiger partial charge is 0.484 e. The van der Waals surface area contributed by atoms with E-state index >= 15 is 0 Å². The van der Waals surface area contributed by atoms with Gasteiger partial charge in [0, 0.05) is 6.54 Å². The number of para-hydroxylation sites is 1. The predicted molar refractivity (Wildman–Crippen MR) is 80.2 cm³/mol. The number of hydrogen-bond donors (Lipinski definition) is 1. The Morgan fingerprint density at radius 2 is 2.16 bits per heavy atom. The topological polar surface area (TPSA) is 53.1 Å². The van der Waals surface area contributed by atoms with Crippen LogP contribution < -0.4 is 10.5 Å². The summed E-state index contributed by atoms with van der Waals surface area (Å²) in [5.41, 5.74) is 8.69. The fraction of sp³-hybridized carbons (Fsp3) is 0.357. The van der Waals surface area contributed by atoms with E-state index in [1.165, 1.54) is 0 Å². The first-order valence-electron chi connectivity index (χ1n) is 6.38. The molecular formula is C14H18BrN3O. The van der Waals surface area contributed by atoms with Crippen molar-refractivity contribution in [3.05, 3.63) is 40.1 Å². The van der Waals surface area contributed by atoms with Crippen molar-refractivity contribution in [2.45, 2.75) is 33.4 Å². The van der Waals surface area contributed by atoms with Crippen molar-refractivity contribution >= 4 is 21.6 Å². The summed E-state index contributed by atoms with van der Waals surface area (Å²) in [4.78, 5) is 0. The molecule has 0 saturated carbocycles. The maximum Gasteiger partial charge on any atom is 0.156 e. The van der Waals surface area contributed by atoms with E-state index < -0.39 is 0 Å². The average Bonchev–Trinajstić information content (AvgIpc) is 2.80. The molecule has 0 radical (unpaired) electrons. The van der Waals surface area contributed by atoms with Crippen LogP contribution in [0.2, 0.25) is 0 Å². The monoisotopic (exact) mass is 323 g/mol. The molecule has 0 fully saturated rings. The summed E-state index contributed by atoms with van der Waals surface area (Å²) in [6.45, 7) is 5.47. The van der Waals surface area contributed by atoms with Crippen LogP contribution in [0.1, 0.15) is 25.2 Å². The highest BCUT2D eigenvalue weighted by atomic mass is 79.9. The Morgan fingerprint density at radius 3 is 2.79 bits per heavy atom. The number of rotatable bonds is 5. The second-order valence-electron chi connectivity index (χ2n) is 4.24. The summed E-state index contributed by atoms with van der Waals surface area (Å²) in [7, 11) is 0. The highest BCUT2D eigenvalue weighted by molar-refractivity contribution is 9.10. The van der Waals surface area contributed by atoms with E-state index in [2.05, 4.69) is 40.9 Å². The fourth-order valence-electron chi connectivity index (χ4n) is 1.90. The van der Waals surface area contributed by atoms with E-state index in [1.54, 1.807) is 0 Å². The van der Waals surface area contributed by atoms with Gasteiger partial charge >= 0.3 is 0 Å². The number of aryl methyl sites for hydroxylation is 2. The van der Waals surface area contributed by atoms with Crippen molar-refractivity contribution in [3.63, 3.8) is 0 Å². The number of halogens is 1. The van der Waals surface area contributed by atoms with Gasteiger partial charge in [0.2, 0.25) is 0 Å². The van der Waals surface area contributed by atoms with Crippen molar-refractivity contribution in [3.8, 4) is 5.75 Å². The molecule has 0 atom stereocenters. The standard InChI is InChI=1S/C14H18BrN3O/c1-3-10-8-11(18(4-2)17-10)9-19-14-12(15)6-5-7-13(14)16/h5-8H,3-4,9,16H2,1-2H3. The van der Waals surface area contributed by atoms with E-state index in [-0.39, 0.29) is 0 Å². The van der Waals surface area contributed by atoms with Crippen LogP contribution in [-0.2, 0) is 19.6 Å². The van der Waals surface area contributed by atoms with Gasteiger partial charge in [-0.25, -0.2) is 0 Å². The molecule has 0 saturated heterocycles. The Hall–Kier alpha value is -1.49. The zero-order valence-corrected chi connectivity index (χ0v) is 12.8. The molecule has 0 aliphatic carbocycles. The number of nitrogens with two attached hydrogens (primary N) is 1. The van der Waals surface area contributed by atoms with E-state index in [9.17, 15) is 0 Å². The van der Waals surface area contributed by atoms with Crippen LogP contribution in [0.25, 0.3) is 0 Å². The molecule has 5 heteroatoms. The van der Waals surface area contributed by atoms with Crippen LogP contribution in [0, 0.1) is 0 Å². The summed E-state index contributed by atoms with van der Waals surface area (Å²) in [6.07, 6.45) is 0.928. The van der Waals surface area contributed by atoms with Gasteiger partial charge in [-0.2, -0.15) is 5.10 Å². The fourth-order valence-corrected chi connectivity index (χ4v) is 2.40. The number of aromatic nitrogens is 2. The minimum Gasteiger partial charge on any atom is -0.484 e. The van der Waals surface area contributed by atoms with Crippen LogP contribution in [0.4, 0.5) is 5.69 Å². The lowest BCUT2D eigenvalue weighted by molar-refractivity contribution is 0.292. The van der Waals surface area contributed by atoms with E-state index in [0.29, 0.717) is 18.0 Å². The lowest BCUT2D eigenvalue weighted by Crippen LogP contribution is -2.07. The number of nitrogen functional groups attached to an aromatic ring is 1. The third-order valence-electron chi connectivity index (χ3n) is 2.94.